The number of rotatable bonds is 3. The lowest BCUT2D eigenvalue weighted by Crippen LogP contribution is -2.19. The van der Waals surface area contributed by atoms with E-state index in [1.165, 1.54) is 22.0 Å². The Labute approximate surface area is 114 Å². The Balaban J connectivity index is 2.21. The number of aromatic nitrogens is 1. The van der Waals surface area contributed by atoms with Crippen LogP contribution < -0.4 is 16.6 Å². The molecule has 0 saturated carbocycles. The zero-order valence-electron chi connectivity index (χ0n) is 10.8. The van der Waals surface area contributed by atoms with Crippen molar-refractivity contribution in [3.8, 4) is 0 Å². The molecule has 2 heterocycles. The summed E-state index contributed by atoms with van der Waals surface area (Å²) in [5.41, 5.74) is 6.85. The Morgan fingerprint density at radius 3 is 2.79 bits per heavy atom. The van der Waals surface area contributed by atoms with Crippen molar-refractivity contribution >= 4 is 28.6 Å². The van der Waals surface area contributed by atoms with E-state index in [4.69, 9.17) is 5.73 Å². The number of carbonyl (C=O) groups excluding carboxylic acids is 1. The molecule has 0 bridgehead atoms. The van der Waals surface area contributed by atoms with Gasteiger partial charge in [0.2, 0.25) is 0 Å². The second kappa shape index (κ2) is 5.27. The Morgan fingerprint density at radius 1 is 1.47 bits per heavy atom. The number of hydrogen-bond donors (Lipinski definition) is 2. The summed E-state index contributed by atoms with van der Waals surface area (Å²) in [6.07, 6.45) is 1.63. The lowest BCUT2D eigenvalue weighted by Gasteiger charge is -2.06. The van der Waals surface area contributed by atoms with Gasteiger partial charge in [-0.2, -0.15) is 0 Å². The zero-order valence-corrected chi connectivity index (χ0v) is 11.6. The molecule has 6 heteroatoms. The number of nitrogens with one attached hydrogen (secondary N) is 1. The molecule has 2 aromatic rings. The SMILES string of the molecule is CCn1cc(NC(=O)c2cc(N)c(C)s2)ccc1=O. The minimum absolute atomic E-state index is 0.0864. The number of carbonyl (C=O) groups is 1. The summed E-state index contributed by atoms with van der Waals surface area (Å²) in [5.74, 6) is -0.217. The quantitative estimate of drug-likeness (QED) is 0.901. The summed E-state index contributed by atoms with van der Waals surface area (Å²) in [6.45, 7) is 4.30. The van der Waals surface area contributed by atoms with Gasteiger partial charge in [-0.15, -0.1) is 11.3 Å². The van der Waals surface area contributed by atoms with E-state index < -0.39 is 0 Å². The van der Waals surface area contributed by atoms with Crippen molar-refractivity contribution < 1.29 is 4.79 Å². The van der Waals surface area contributed by atoms with Gasteiger partial charge in [-0.1, -0.05) is 0 Å². The van der Waals surface area contributed by atoms with Gasteiger partial charge >= 0.3 is 0 Å². The number of anilines is 2. The lowest BCUT2D eigenvalue weighted by atomic mass is 10.3. The first-order valence-corrected chi connectivity index (χ1v) is 6.70. The normalized spacial score (nSPS) is 10.4. The summed E-state index contributed by atoms with van der Waals surface area (Å²) in [5, 5.41) is 2.76. The van der Waals surface area contributed by atoms with Crippen LogP contribution in [-0.4, -0.2) is 10.5 Å². The third-order valence-electron chi connectivity index (χ3n) is 2.76. The van der Waals surface area contributed by atoms with Gasteiger partial charge in [-0.25, -0.2) is 0 Å². The molecule has 0 saturated heterocycles. The molecule has 0 aliphatic heterocycles. The van der Waals surface area contributed by atoms with Gasteiger partial charge in [0.05, 0.1) is 10.6 Å². The van der Waals surface area contributed by atoms with Crippen LogP contribution in [-0.2, 0) is 6.54 Å². The number of aryl methyl sites for hydroxylation is 2. The van der Waals surface area contributed by atoms with E-state index in [0.29, 0.717) is 22.8 Å². The number of pyridine rings is 1. The summed E-state index contributed by atoms with van der Waals surface area (Å²) in [6, 6.07) is 4.69. The highest BCUT2D eigenvalue weighted by atomic mass is 32.1. The minimum atomic E-state index is -0.217. The monoisotopic (exact) mass is 277 g/mol. The van der Waals surface area contributed by atoms with Gasteiger partial charge in [0, 0.05) is 29.4 Å². The highest BCUT2D eigenvalue weighted by molar-refractivity contribution is 7.14. The third-order valence-corrected chi connectivity index (χ3v) is 3.83. The Morgan fingerprint density at radius 2 is 2.21 bits per heavy atom. The molecule has 0 aliphatic carbocycles. The fourth-order valence-electron chi connectivity index (χ4n) is 1.65. The van der Waals surface area contributed by atoms with Crippen LogP contribution in [0.4, 0.5) is 11.4 Å². The summed E-state index contributed by atoms with van der Waals surface area (Å²) >= 11 is 1.35. The number of nitrogens with zero attached hydrogens (tertiary/aromatic N) is 1. The first kappa shape index (κ1) is 13.4. The average molecular weight is 277 g/mol. The van der Waals surface area contributed by atoms with Crippen molar-refractivity contribution in [2.45, 2.75) is 20.4 Å². The van der Waals surface area contributed by atoms with Crippen molar-refractivity contribution in [3.05, 3.63) is 44.5 Å². The molecule has 0 aliphatic rings. The Hall–Kier alpha value is -2.08. The van der Waals surface area contributed by atoms with E-state index in [9.17, 15) is 9.59 Å². The predicted molar refractivity (Wildman–Crippen MR) is 77.8 cm³/mol. The van der Waals surface area contributed by atoms with Crippen LogP contribution in [0.5, 0.6) is 0 Å². The van der Waals surface area contributed by atoms with Crippen molar-refractivity contribution in [2.24, 2.45) is 0 Å². The minimum Gasteiger partial charge on any atom is -0.398 e. The molecule has 0 spiro atoms. The molecule has 2 rings (SSSR count). The molecule has 5 nitrogen and oxygen atoms in total. The topological polar surface area (TPSA) is 77.1 Å². The van der Waals surface area contributed by atoms with Crippen LogP contribution in [0.1, 0.15) is 21.5 Å². The maximum absolute atomic E-state index is 12.0. The summed E-state index contributed by atoms with van der Waals surface area (Å²) < 4.78 is 1.53. The number of nitrogens with two attached hydrogens (primary N) is 1. The molecule has 0 fully saturated rings. The first-order valence-electron chi connectivity index (χ1n) is 5.89. The number of nitrogen functional groups attached to an aromatic ring is 1. The van der Waals surface area contributed by atoms with E-state index in [0.717, 1.165) is 4.88 Å². The largest absolute Gasteiger partial charge is 0.398 e. The van der Waals surface area contributed by atoms with Crippen molar-refractivity contribution in [3.63, 3.8) is 0 Å². The standard InChI is InChI=1S/C13H15N3O2S/c1-3-16-7-9(4-5-12(16)17)15-13(18)11-6-10(14)8(2)19-11/h4-7H,3,14H2,1-2H3,(H,15,18). The van der Waals surface area contributed by atoms with E-state index in [1.54, 1.807) is 18.3 Å². The Kier molecular flexibility index (Phi) is 3.71. The highest BCUT2D eigenvalue weighted by Crippen LogP contribution is 2.24. The summed E-state index contributed by atoms with van der Waals surface area (Å²) in [7, 11) is 0. The molecule has 2 aromatic heterocycles. The molecule has 0 aromatic carbocycles. The van der Waals surface area contributed by atoms with Gasteiger partial charge in [0.25, 0.3) is 11.5 Å². The van der Waals surface area contributed by atoms with Crippen LogP contribution in [0, 0.1) is 6.92 Å². The smallest absolute Gasteiger partial charge is 0.265 e. The first-order chi connectivity index (χ1) is 9.01. The van der Waals surface area contributed by atoms with Crippen LogP contribution in [0.15, 0.2) is 29.2 Å². The molecule has 0 unspecified atom stereocenters. The van der Waals surface area contributed by atoms with Gasteiger partial charge in [0.15, 0.2) is 0 Å². The molecule has 1 amide bonds. The predicted octanol–water partition coefficient (Wildman–Crippen LogP) is 2.07. The van der Waals surface area contributed by atoms with E-state index in [1.807, 2.05) is 13.8 Å². The fraction of sp³-hybridized carbons (Fsp3) is 0.231. The number of amides is 1. The highest BCUT2D eigenvalue weighted by Gasteiger charge is 2.11. The van der Waals surface area contributed by atoms with Crippen molar-refractivity contribution in [1.82, 2.24) is 4.57 Å². The average Bonchev–Trinajstić information content (AvgIpc) is 2.72. The van der Waals surface area contributed by atoms with Gasteiger partial charge in [-0.3, -0.25) is 9.59 Å². The van der Waals surface area contributed by atoms with Gasteiger partial charge in [0.1, 0.15) is 0 Å². The molecular weight excluding hydrogens is 262 g/mol. The number of thiophene rings is 1. The van der Waals surface area contributed by atoms with Crippen LogP contribution in [0.25, 0.3) is 0 Å². The van der Waals surface area contributed by atoms with E-state index >= 15 is 0 Å². The lowest BCUT2D eigenvalue weighted by molar-refractivity contribution is 0.103. The second-order valence-electron chi connectivity index (χ2n) is 4.12. The number of hydrogen-bond acceptors (Lipinski definition) is 4. The molecule has 0 radical (unpaired) electrons. The van der Waals surface area contributed by atoms with Crippen molar-refractivity contribution in [1.29, 1.82) is 0 Å². The van der Waals surface area contributed by atoms with Crippen LogP contribution in [0.3, 0.4) is 0 Å². The second-order valence-corrected chi connectivity index (χ2v) is 5.37. The van der Waals surface area contributed by atoms with Crippen molar-refractivity contribution in [2.75, 3.05) is 11.1 Å². The fourth-order valence-corrected chi connectivity index (χ4v) is 2.49. The molecule has 0 atom stereocenters. The molecular formula is C13H15N3O2S. The van der Waals surface area contributed by atoms with E-state index in [-0.39, 0.29) is 11.5 Å². The Bertz CT molecular complexity index is 653. The molecule has 19 heavy (non-hydrogen) atoms. The molecule has 100 valence electrons. The van der Waals surface area contributed by atoms with Crippen LogP contribution in [0.2, 0.25) is 0 Å². The maximum Gasteiger partial charge on any atom is 0.265 e. The summed E-state index contributed by atoms with van der Waals surface area (Å²) in [4.78, 5) is 24.9. The van der Waals surface area contributed by atoms with Gasteiger partial charge in [-0.05, 0) is 26.0 Å². The third kappa shape index (κ3) is 2.85. The maximum atomic E-state index is 12.0. The zero-order chi connectivity index (χ0) is 14.0. The van der Waals surface area contributed by atoms with Crippen LogP contribution >= 0.6 is 11.3 Å². The van der Waals surface area contributed by atoms with E-state index in [2.05, 4.69) is 5.32 Å². The van der Waals surface area contributed by atoms with Gasteiger partial charge < -0.3 is 15.6 Å². The molecule has 3 N–H and O–H groups in total.